The smallest absolute Gasteiger partial charge is 0.155 e. The van der Waals surface area contributed by atoms with E-state index >= 15 is 0 Å². The predicted octanol–water partition coefficient (Wildman–Crippen LogP) is 0.714. The van der Waals surface area contributed by atoms with Crippen LogP contribution in [0.15, 0.2) is 18.5 Å². The van der Waals surface area contributed by atoms with Crippen LogP contribution in [0, 0.1) is 11.3 Å². The monoisotopic (exact) mass is 178 g/mol. The summed E-state index contributed by atoms with van der Waals surface area (Å²) >= 11 is 0. The van der Waals surface area contributed by atoms with E-state index in [1.54, 1.807) is 6.07 Å². The molecule has 0 spiro atoms. The molecule has 0 atom stereocenters. The van der Waals surface area contributed by atoms with Crippen LogP contribution in [0.3, 0.4) is 0 Å². The Labute approximate surface area is 76.4 Å². The van der Waals surface area contributed by atoms with E-state index in [0.29, 0.717) is 24.3 Å². The molecule has 1 rings (SSSR count). The number of aliphatic hydroxyl groups is 1. The molecule has 1 heterocycles. The Bertz CT molecular complexity index is 307. The molecular formula is C9H10N2O2. The van der Waals surface area contributed by atoms with Gasteiger partial charge in [-0.3, -0.25) is 4.98 Å². The van der Waals surface area contributed by atoms with Gasteiger partial charge in [-0.2, -0.15) is 5.26 Å². The van der Waals surface area contributed by atoms with Crippen LogP contribution in [0.2, 0.25) is 0 Å². The van der Waals surface area contributed by atoms with Crippen molar-refractivity contribution in [2.24, 2.45) is 0 Å². The van der Waals surface area contributed by atoms with Crippen molar-refractivity contribution in [1.82, 2.24) is 4.98 Å². The summed E-state index contributed by atoms with van der Waals surface area (Å²) in [4.78, 5) is 3.83. The highest BCUT2D eigenvalue weighted by Crippen LogP contribution is 2.14. The zero-order chi connectivity index (χ0) is 9.52. The molecule has 0 amide bonds. The third-order valence-electron chi connectivity index (χ3n) is 1.46. The molecule has 0 radical (unpaired) electrons. The lowest BCUT2D eigenvalue weighted by Crippen LogP contribution is -2.01. The van der Waals surface area contributed by atoms with Gasteiger partial charge >= 0.3 is 0 Å². The molecule has 68 valence electrons. The van der Waals surface area contributed by atoms with Crippen LogP contribution in [-0.4, -0.2) is 23.3 Å². The minimum absolute atomic E-state index is 0.0855. The maximum atomic E-state index is 8.67. The normalized spacial score (nSPS) is 9.23. The first-order chi connectivity index (χ1) is 6.38. The Kier molecular flexibility index (Phi) is 3.74. The number of rotatable bonds is 4. The van der Waals surface area contributed by atoms with Crippen molar-refractivity contribution in [2.75, 3.05) is 13.2 Å². The van der Waals surface area contributed by atoms with Crippen molar-refractivity contribution in [3.8, 4) is 11.8 Å². The SMILES string of the molecule is N#Cc1ccncc1OCCCO. The molecule has 0 saturated carbocycles. The fourth-order valence-corrected chi connectivity index (χ4v) is 0.834. The number of aliphatic hydroxyl groups excluding tert-OH is 1. The quantitative estimate of drug-likeness (QED) is 0.690. The van der Waals surface area contributed by atoms with E-state index in [4.69, 9.17) is 15.1 Å². The van der Waals surface area contributed by atoms with Gasteiger partial charge in [-0.1, -0.05) is 0 Å². The van der Waals surface area contributed by atoms with Gasteiger partial charge < -0.3 is 9.84 Å². The Morgan fingerprint density at radius 1 is 1.62 bits per heavy atom. The van der Waals surface area contributed by atoms with E-state index in [9.17, 15) is 0 Å². The van der Waals surface area contributed by atoms with Gasteiger partial charge in [-0.15, -0.1) is 0 Å². The van der Waals surface area contributed by atoms with Crippen LogP contribution in [0.5, 0.6) is 5.75 Å². The zero-order valence-electron chi connectivity index (χ0n) is 7.10. The lowest BCUT2D eigenvalue weighted by Gasteiger charge is -2.04. The molecule has 4 heteroatoms. The van der Waals surface area contributed by atoms with Crippen LogP contribution >= 0.6 is 0 Å². The molecule has 1 aromatic rings. The Hall–Kier alpha value is -1.60. The second kappa shape index (κ2) is 5.12. The van der Waals surface area contributed by atoms with Crippen LogP contribution in [0.1, 0.15) is 12.0 Å². The first kappa shape index (κ1) is 9.49. The van der Waals surface area contributed by atoms with E-state index < -0.39 is 0 Å². The van der Waals surface area contributed by atoms with Gasteiger partial charge in [-0.25, -0.2) is 0 Å². The van der Waals surface area contributed by atoms with Gasteiger partial charge in [0.05, 0.1) is 18.4 Å². The lowest BCUT2D eigenvalue weighted by atomic mass is 10.3. The third-order valence-corrected chi connectivity index (χ3v) is 1.46. The number of hydrogen-bond donors (Lipinski definition) is 1. The van der Waals surface area contributed by atoms with Gasteiger partial charge in [0.15, 0.2) is 5.75 Å². The maximum absolute atomic E-state index is 8.67. The van der Waals surface area contributed by atoms with Crippen molar-refractivity contribution < 1.29 is 9.84 Å². The summed E-state index contributed by atoms with van der Waals surface area (Å²) < 4.78 is 5.22. The Balaban J connectivity index is 2.60. The number of hydrogen-bond acceptors (Lipinski definition) is 4. The Morgan fingerprint density at radius 2 is 2.46 bits per heavy atom. The van der Waals surface area contributed by atoms with E-state index in [-0.39, 0.29) is 6.61 Å². The molecule has 4 nitrogen and oxygen atoms in total. The van der Waals surface area contributed by atoms with Gasteiger partial charge in [0.25, 0.3) is 0 Å². The molecule has 0 aliphatic heterocycles. The summed E-state index contributed by atoms with van der Waals surface area (Å²) in [6.07, 6.45) is 3.59. The third kappa shape index (κ3) is 2.73. The fourth-order valence-electron chi connectivity index (χ4n) is 0.834. The van der Waals surface area contributed by atoms with Crippen molar-refractivity contribution in [3.63, 3.8) is 0 Å². The summed E-state index contributed by atoms with van der Waals surface area (Å²) in [7, 11) is 0. The molecule has 0 unspecified atom stereocenters. The zero-order valence-corrected chi connectivity index (χ0v) is 7.10. The van der Waals surface area contributed by atoms with E-state index in [2.05, 4.69) is 4.98 Å². The van der Waals surface area contributed by atoms with Gasteiger partial charge in [0.1, 0.15) is 6.07 Å². The van der Waals surface area contributed by atoms with Gasteiger partial charge in [0, 0.05) is 19.2 Å². The second-order valence-electron chi connectivity index (χ2n) is 2.41. The molecule has 0 fully saturated rings. The minimum Gasteiger partial charge on any atom is -0.490 e. The van der Waals surface area contributed by atoms with Crippen molar-refractivity contribution in [1.29, 1.82) is 5.26 Å². The highest BCUT2D eigenvalue weighted by Gasteiger charge is 2.00. The molecular weight excluding hydrogens is 168 g/mol. The van der Waals surface area contributed by atoms with Crippen molar-refractivity contribution >= 4 is 0 Å². The first-order valence-corrected chi connectivity index (χ1v) is 3.96. The molecule has 0 aliphatic carbocycles. The fraction of sp³-hybridized carbons (Fsp3) is 0.333. The average molecular weight is 178 g/mol. The summed E-state index contributed by atoms with van der Waals surface area (Å²) in [6.45, 7) is 0.485. The lowest BCUT2D eigenvalue weighted by molar-refractivity contribution is 0.233. The summed E-state index contributed by atoms with van der Waals surface area (Å²) in [5, 5.41) is 17.2. The molecule has 0 saturated heterocycles. The van der Waals surface area contributed by atoms with E-state index in [1.165, 1.54) is 12.4 Å². The summed E-state index contributed by atoms with van der Waals surface area (Å²) in [5.41, 5.74) is 0.466. The van der Waals surface area contributed by atoms with Gasteiger partial charge in [-0.05, 0) is 6.07 Å². The van der Waals surface area contributed by atoms with E-state index in [0.717, 1.165) is 0 Å². The first-order valence-electron chi connectivity index (χ1n) is 3.96. The standard InChI is InChI=1S/C9H10N2O2/c10-6-8-2-3-11-7-9(8)13-5-1-4-12/h2-3,7,12H,1,4-5H2. The molecule has 1 N–H and O–H groups in total. The topological polar surface area (TPSA) is 66.1 Å². The van der Waals surface area contributed by atoms with Crippen LogP contribution in [0.25, 0.3) is 0 Å². The molecule has 13 heavy (non-hydrogen) atoms. The maximum Gasteiger partial charge on any atom is 0.155 e. The predicted molar refractivity (Wildman–Crippen MR) is 46.1 cm³/mol. The van der Waals surface area contributed by atoms with Crippen LogP contribution < -0.4 is 4.74 Å². The number of pyridine rings is 1. The Morgan fingerprint density at radius 3 is 3.15 bits per heavy atom. The van der Waals surface area contributed by atoms with Crippen LogP contribution in [-0.2, 0) is 0 Å². The number of aromatic nitrogens is 1. The molecule has 0 aliphatic rings. The summed E-state index contributed by atoms with van der Waals surface area (Å²) in [5.74, 6) is 0.471. The van der Waals surface area contributed by atoms with Crippen molar-refractivity contribution in [3.05, 3.63) is 24.0 Å². The highest BCUT2D eigenvalue weighted by atomic mass is 16.5. The molecule has 1 aromatic heterocycles. The number of ether oxygens (including phenoxy) is 1. The largest absolute Gasteiger partial charge is 0.490 e. The highest BCUT2D eigenvalue weighted by molar-refractivity contribution is 5.40. The van der Waals surface area contributed by atoms with E-state index in [1.807, 2.05) is 6.07 Å². The minimum atomic E-state index is 0.0855. The van der Waals surface area contributed by atoms with Crippen LogP contribution in [0.4, 0.5) is 0 Å². The summed E-state index contributed by atoms with van der Waals surface area (Å²) in [6, 6.07) is 3.59. The number of nitrogens with zero attached hydrogens (tertiary/aromatic N) is 2. The molecule has 0 aromatic carbocycles. The van der Waals surface area contributed by atoms with Gasteiger partial charge in [0.2, 0.25) is 0 Å². The molecule has 0 bridgehead atoms. The average Bonchev–Trinajstić information content (AvgIpc) is 2.19. The second-order valence-corrected chi connectivity index (χ2v) is 2.41. The van der Waals surface area contributed by atoms with Crippen molar-refractivity contribution in [2.45, 2.75) is 6.42 Å². The number of nitriles is 1.